The minimum Gasteiger partial charge on any atom is -0.444 e. The number of alkyl halides is 3. The Morgan fingerprint density at radius 3 is 3.00 bits per heavy atom. The zero-order valence-electron chi connectivity index (χ0n) is 11.1. The van der Waals surface area contributed by atoms with E-state index in [1.807, 2.05) is 0 Å². The molecule has 0 unspecified atom stereocenters. The average Bonchev–Trinajstić information content (AvgIpc) is 2.87. The monoisotopic (exact) mass is 340 g/mol. The lowest BCUT2D eigenvalue weighted by Crippen LogP contribution is -2.36. The number of carbonyl (C=O) groups is 1. The summed E-state index contributed by atoms with van der Waals surface area (Å²) in [6.07, 6.45) is -4.47. The number of H-pyrrole nitrogens is 1. The molecule has 1 atom stereocenters. The molecule has 0 aromatic carbocycles. The predicted octanol–water partition coefficient (Wildman–Crippen LogP) is 1.29. The minimum absolute atomic E-state index is 0.0443. The molecule has 0 bridgehead atoms. The Hall–Kier alpha value is -1.97. The second-order valence-corrected chi connectivity index (χ2v) is 5.01. The summed E-state index contributed by atoms with van der Waals surface area (Å²) in [5.74, 6) is 0. The first-order valence-electron chi connectivity index (χ1n) is 6.25. The number of rotatable bonds is 3. The first-order chi connectivity index (χ1) is 10.3. The van der Waals surface area contributed by atoms with E-state index >= 15 is 0 Å². The summed E-state index contributed by atoms with van der Waals surface area (Å²) in [5.41, 5.74) is -0.168. The topological polar surface area (TPSA) is 87.3 Å². The third-order valence-electron chi connectivity index (χ3n) is 2.97. The molecule has 1 aliphatic rings. The van der Waals surface area contributed by atoms with Crippen molar-refractivity contribution in [3.63, 3.8) is 0 Å². The van der Waals surface area contributed by atoms with Crippen molar-refractivity contribution in [2.24, 2.45) is 0 Å². The van der Waals surface area contributed by atoms with E-state index in [-0.39, 0.29) is 11.6 Å². The number of hydrogen-bond donors (Lipinski definition) is 2. The molecule has 1 aromatic heterocycles. The maximum absolute atomic E-state index is 12.0. The Labute approximate surface area is 127 Å². The van der Waals surface area contributed by atoms with Crippen LogP contribution in [0.1, 0.15) is 6.42 Å². The lowest BCUT2D eigenvalue weighted by molar-refractivity contribution is -0.124. The van der Waals surface area contributed by atoms with Crippen LogP contribution < -0.4 is 15.8 Å². The second kappa shape index (κ2) is 6.42. The van der Waals surface area contributed by atoms with E-state index in [1.54, 1.807) is 10.2 Å². The highest BCUT2D eigenvalue weighted by Gasteiger charge is 2.31. The molecule has 1 saturated heterocycles. The van der Waals surface area contributed by atoms with E-state index in [0.717, 1.165) is 0 Å². The van der Waals surface area contributed by atoms with Gasteiger partial charge in [-0.05, 0) is 0 Å². The number of nitrogens with zero attached hydrogens (tertiary/aromatic N) is 2. The number of aromatic amines is 1. The molecule has 11 heteroatoms. The van der Waals surface area contributed by atoms with Gasteiger partial charge in [-0.3, -0.25) is 4.79 Å². The van der Waals surface area contributed by atoms with Crippen LogP contribution in [0.4, 0.5) is 23.7 Å². The summed E-state index contributed by atoms with van der Waals surface area (Å²) < 4.78 is 40.8. The molecule has 2 heterocycles. The van der Waals surface area contributed by atoms with Crippen molar-refractivity contribution in [2.45, 2.75) is 18.7 Å². The summed E-state index contributed by atoms with van der Waals surface area (Å²) in [6, 6.07) is 0. The molecule has 22 heavy (non-hydrogen) atoms. The van der Waals surface area contributed by atoms with Crippen LogP contribution >= 0.6 is 11.6 Å². The molecule has 2 N–H and O–H groups in total. The fourth-order valence-electron chi connectivity index (χ4n) is 2.00. The molecule has 1 aliphatic heterocycles. The highest BCUT2D eigenvalue weighted by molar-refractivity contribution is 6.33. The number of halogens is 4. The van der Waals surface area contributed by atoms with Gasteiger partial charge in [-0.2, -0.15) is 18.3 Å². The number of amides is 1. The third kappa shape index (κ3) is 4.26. The maximum atomic E-state index is 12.0. The van der Waals surface area contributed by atoms with Crippen LogP contribution in [0, 0.1) is 0 Å². The Morgan fingerprint density at radius 1 is 1.59 bits per heavy atom. The van der Waals surface area contributed by atoms with Crippen molar-refractivity contribution in [2.75, 3.05) is 24.5 Å². The number of carbonyl (C=O) groups excluding carboxylic acids is 1. The van der Waals surface area contributed by atoms with Crippen molar-refractivity contribution in [3.8, 4) is 0 Å². The number of hydrogen-bond acceptors (Lipinski definition) is 5. The Morgan fingerprint density at radius 2 is 2.32 bits per heavy atom. The largest absolute Gasteiger partial charge is 0.444 e. The number of anilines is 1. The van der Waals surface area contributed by atoms with Crippen molar-refractivity contribution in [1.29, 1.82) is 0 Å². The average molecular weight is 341 g/mol. The van der Waals surface area contributed by atoms with Gasteiger partial charge in [-0.1, -0.05) is 11.6 Å². The van der Waals surface area contributed by atoms with Crippen LogP contribution in [0.5, 0.6) is 0 Å². The predicted molar refractivity (Wildman–Crippen MR) is 71.0 cm³/mol. The van der Waals surface area contributed by atoms with Crippen LogP contribution in [0.2, 0.25) is 5.02 Å². The van der Waals surface area contributed by atoms with Gasteiger partial charge in [-0.15, -0.1) is 0 Å². The third-order valence-corrected chi connectivity index (χ3v) is 3.34. The van der Waals surface area contributed by atoms with Gasteiger partial charge in [0.15, 0.2) is 0 Å². The lowest BCUT2D eigenvalue weighted by Gasteiger charge is -2.19. The van der Waals surface area contributed by atoms with E-state index in [1.165, 1.54) is 6.20 Å². The first-order valence-corrected chi connectivity index (χ1v) is 6.63. The minimum atomic E-state index is -4.50. The molecule has 1 aromatic rings. The Bertz CT molecular complexity index is 607. The van der Waals surface area contributed by atoms with Gasteiger partial charge in [0.2, 0.25) is 0 Å². The lowest BCUT2D eigenvalue weighted by atomic mass is 10.3. The van der Waals surface area contributed by atoms with Crippen LogP contribution in [0.15, 0.2) is 11.0 Å². The van der Waals surface area contributed by atoms with Crippen molar-refractivity contribution >= 4 is 23.4 Å². The quantitative estimate of drug-likeness (QED) is 0.866. The van der Waals surface area contributed by atoms with Gasteiger partial charge < -0.3 is 15.0 Å². The van der Waals surface area contributed by atoms with E-state index in [0.29, 0.717) is 18.7 Å². The van der Waals surface area contributed by atoms with Gasteiger partial charge in [0.25, 0.3) is 5.56 Å². The fraction of sp³-hybridized carbons (Fsp3) is 0.545. The van der Waals surface area contributed by atoms with Gasteiger partial charge in [0, 0.05) is 13.0 Å². The van der Waals surface area contributed by atoms with E-state index in [2.05, 4.69) is 10.2 Å². The summed E-state index contributed by atoms with van der Waals surface area (Å²) in [4.78, 5) is 24.3. The second-order valence-electron chi connectivity index (χ2n) is 4.63. The molecule has 2 rings (SSSR count). The molecule has 0 aliphatic carbocycles. The summed E-state index contributed by atoms with van der Waals surface area (Å²) >= 11 is 5.86. The summed E-state index contributed by atoms with van der Waals surface area (Å²) in [6.45, 7) is -0.807. The molecule has 0 radical (unpaired) electrons. The van der Waals surface area contributed by atoms with Gasteiger partial charge in [-0.25, -0.2) is 9.89 Å². The van der Waals surface area contributed by atoms with E-state index in [4.69, 9.17) is 16.3 Å². The van der Waals surface area contributed by atoms with Gasteiger partial charge in [0.1, 0.15) is 17.7 Å². The van der Waals surface area contributed by atoms with Crippen LogP contribution in [-0.2, 0) is 4.74 Å². The summed E-state index contributed by atoms with van der Waals surface area (Å²) in [5, 5.41) is 7.38. The van der Waals surface area contributed by atoms with Crippen molar-refractivity contribution in [1.82, 2.24) is 15.5 Å². The normalized spacial score (nSPS) is 18.4. The zero-order valence-corrected chi connectivity index (χ0v) is 11.9. The van der Waals surface area contributed by atoms with Crippen LogP contribution in [0.3, 0.4) is 0 Å². The van der Waals surface area contributed by atoms with E-state index in [9.17, 15) is 22.8 Å². The molecule has 0 spiro atoms. The highest BCUT2D eigenvalue weighted by Crippen LogP contribution is 2.25. The Balaban J connectivity index is 1.89. The van der Waals surface area contributed by atoms with E-state index < -0.39 is 30.5 Å². The Kier molecular flexibility index (Phi) is 4.79. The standard InChI is InChI=1S/C11H12ClF3N4O3/c12-8-7(3-17-18-9(8)20)19-2-1-6(4-19)22-10(21)16-5-11(13,14)15/h3,6H,1-2,4-5H2,(H,16,21)(H,18,20)/t6-/m1/s1. The molecular weight excluding hydrogens is 329 g/mol. The number of ether oxygens (including phenoxy) is 1. The van der Waals surface area contributed by atoms with Crippen molar-refractivity contribution in [3.05, 3.63) is 21.6 Å². The molecule has 1 amide bonds. The zero-order chi connectivity index (χ0) is 16.3. The van der Waals surface area contributed by atoms with Crippen LogP contribution in [0.25, 0.3) is 0 Å². The molecule has 122 valence electrons. The number of alkyl carbamates (subject to hydrolysis) is 1. The smallest absolute Gasteiger partial charge is 0.407 e. The maximum Gasteiger partial charge on any atom is 0.407 e. The van der Waals surface area contributed by atoms with Crippen molar-refractivity contribution < 1.29 is 22.7 Å². The van der Waals surface area contributed by atoms with Crippen LogP contribution in [-0.4, -0.2) is 48.2 Å². The number of nitrogens with one attached hydrogen (secondary N) is 2. The number of aromatic nitrogens is 2. The molecule has 1 fully saturated rings. The highest BCUT2D eigenvalue weighted by atomic mass is 35.5. The van der Waals surface area contributed by atoms with Gasteiger partial charge >= 0.3 is 12.3 Å². The molecular formula is C11H12ClF3N4O3. The molecule has 0 saturated carbocycles. The van der Waals surface area contributed by atoms with Gasteiger partial charge in [0.05, 0.1) is 18.4 Å². The molecule has 7 nitrogen and oxygen atoms in total. The first kappa shape index (κ1) is 16.4. The summed E-state index contributed by atoms with van der Waals surface area (Å²) in [7, 11) is 0. The fourth-order valence-corrected chi connectivity index (χ4v) is 2.21. The SMILES string of the molecule is O=C(NCC(F)(F)F)O[C@@H]1CCN(c2cn[nH]c(=O)c2Cl)C1.